The Morgan fingerprint density at radius 3 is 0.583 bits per heavy atom. The van der Waals surface area contributed by atoms with Crippen LogP contribution in [-0.2, 0) is 42.4 Å². The summed E-state index contributed by atoms with van der Waals surface area (Å²) in [6, 6.07) is 0. The molecule has 0 N–H and O–H groups in total. The largest absolute Gasteiger partial charge is 2.00 e. The third-order valence-corrected chi connectivity index (χ3v) is 0. The number of hydrogen-bond acceptors (Lipinski definition) is 8. The summed E-state index contributed by atoms with van der Waals surface area (Å²) < 4.78 is 68.8. The monoisotopic (exact) mass is 408 g/mol. The summed E-state index contributed by atoms with van der Waals surface area (Å²) >= 11 is -11.5. The van der Waals surface area contributed by atoms with Gasteiger partial charge in [0.1, 0.15) is 0 Å². The number of hydrogen-bond donors (Lipinski definition) is 0. The fraction of sp³-hybridized carbons (Fsp3) is 0. The van der Waals surface area contributed by atoms with Gasteiger partial charge >= 0.3 is 150 Å². The second-order valence-electron chi connectivity index (χ2n) is 0.816. The molecule has 64 valence electrons. The minimum atomic E-state index is -5.75. The molecule has 0 radical (unpaired) electrons. The molecule has 0 aromatic rings. The molecule has 0 atom stereocenters. The first-order valence-corrected chi connectivity index (χ1v) is 5.50. The van der Waals surface area contributed by atoms with Gasteiger partial charge in [0.15, 0.2) is 0 Å². The normalized spacial score (nSPS) is 9.67. The second kappa shape index (κ2) is 10.6. The van der Waals surface area contributed by atoms with Crippen molar-refractivity contribution in [3.63, 3.8) is 0 Å². The Morgan fingerprint density at radius 2 is 0.583 bits per heavy atom. The fourth-order valence-electron chi connectivity index (χ4n) is 0. The Morgan fingerprint density at radius 1 is 0.583 bits per heavy atom. The molecule has 12 heteroatoms. The van der Waals surface area contributed by atoms with E-state index >= 15 is 0 Å². The maximum Gasteiger partial charge on any atom is 2.00 e. The molecule has 0 aromatic carbocycles. The van der Waals surface area contributed by atoms with Gasteiger partial charge in [0.25, 0.3) is 0 Å². The molecule has 0 aromatic heterocycles. The molecule has 0 aliphatic carbocycles. The Kier molecular flexibility index (Phi) is 21.5. The van der Waals surface area contributed by atoms with Crippen molar-refractivity contribution in [2.24, 2.45) is 0 Å². The zero-order chi connectivity index (χ0) is 9.00. The van der Waals surface area contributed by atoms with Crippen LogP contribution in [0.15, 0.2) is 0 Å². The van der Waals surface area contributed by atoms with Crippen LogP contribution >= 0.6 is 0 Å². The van der Waals surface area contributed by atoms with Gasteiger partial charge in [0, 0.05) is 0 Å². The van der Waals surface area contributed by atoms with E-state index in [4.69, 9.17) is 31.8 Å². The van der Waals surface area contributed by atoms with Gasteiger partial charge in [-0.25, -0.2) is 0 Å². The summed E-state index contributed by atoms with van der Waals surface area (Å²) in [4.78, 5) is 0. The zero-order valence-corrected chi connectivity index (χ0v) is 15.0. The van der Waals surface area contributed by atoms with Crippen molar-refractivity contribution in [3.05, 3.63) is 0 Å². The van der Waals surface area contributed by atoms with E-state index in [1.165, 1.54) is 0 Å². The zero-order valence-electron chi connectivity index (χ0n) is 5.50. The van der Waals surface area contributed by atoms with E-state index in [-0.39, 0.29) is 91.0 Å². The summed E-state index contributed by atoms with van der Waals surface area (Å²) in [7, 11) is 0. The summed E-state index contributed by atoms with van der Waals surface area (Å²) in [5, 5.41) is 0. The van der Waals surface area contributed by atoms with Gasteiger partial charge in [-0.15, -0.1) is 0 Å². The van der Waals surface area contributed by atoms with Crippen LogP contribution in [-0.4, -0.2) is 91.0 Å². The molecule has 0 amide bonds. The van der Waals surface area contributed by atoms with E-state index in [1.54, 1.807) is 0 Å². The predicted octanol–water partition coefficient (Wildman–Crippen LogP) is -6.00. The van der Waals surface area contributed by atoms with Crippen molar-refractivity contribution in [3.8, 4) is 0 Å². The maximum atomic E-state index is 8.59. The van der Waals surface area contributed by atoms with Crippen molar-refractivity contribution in [1.29, 1.82) is 0 Å². The third kappa shape index (κ3) is 202. The summed E-state index contributed by atoms with van der Waals surface area (Å²) in [6.45, 7) is 0. The molecule has 0 aliphatic heterocycles. The Hall–Kier alpha value is 3.07. The van der Waals surface area contributed by atoms with E-state index in [0.717, 1.165) is 0 Å². The fourth-order valence-corrected chi connectivity index (χ4v) is 0. The molecule has 8 nitrogen and oxygen atoms in total. The van der Waals surface area contributed by atoms with Gasteiger partial charge in [0.05, 0.1) is 0 Å². The molecule has 0 bridgehead atoms. The summed E-state index contributed by atoms with van der Waals surface area (Å²) in [5.41, 5.74) is 0. The summed E-state index contributed by atoms with van der Waals surface area (Å²) in [6.07, 6.45) is 0. The second-order valence-corrected chi connectivity index (χ2v) is 3.37. The third-order valence-electron chi connectivity index (χ3n) is 0. The molecule has 0 unspecified atom stereocenters. The molecule has 0 rings (SSSR count). The Bertz CT molecular complexity index is 211. The van der Waals surface area contributed by atoms with E-state index in [1.807, 2.05) is 0 Å². The first-order chi connectivity index (χ1) is 4.00. The van der Waals surface area contributed by atoms with Crippen molar-refractivity contribution in [2.75, 3.05) is 0 Å². The standard InChI is InChI=1S/2Cr.8O.2Sr/q;;;;;;4*-1;2*+2. The molecule has 0 heterocycles. The molecule has 0 spiro atoms. The van der Waals surface area contributed by atoms with Crippen LogP contribution < -0.4 is 16.6 Å². The van der Waals surface area contributed by atoms with Gasteiger partial charge in [-0.1, -0.05) is 0 Å². The van der Waals surface area contributed by atoms with Crippen molar-refractivity contribution < 1.29 is 59.1 Å². The smallest absolute Gasteiger partial charge is 2.00 e. The first-order valence-electron chi connectivity index (χ1n) is 1.33. The van der Waals surface area contributed by atoms with Crippen LogP contribution in [0.1, 0.15) is 0 Å². The quantitative estimate of drug-likeness (QED) is 0.359. The molecular weight excluding hydrogens is 407 g/mol. The van der Waals surface area contributed by atoms with Crippen LogP contribution in [0.2, 0.25) is 0 Å². The van der Waals surface area contributed by atoms with Gasteiger partial charge in [-0.05, 0) is 0 Å². The van der Waals surface area contributed by atoms with Gasteiger partial charge in [-0.2, -0.15) is 0 Å². The Labute approximate surface area is 146 Å². The van der Waals surface area contributed by atoms with Crippen LogP contribution in [0, 0.1) is 0 Å². The molecule has 12 heavy (non-hydrogen) atoms. The molecule has 0 saturated carbocycles. The van der Waals surface area contributed by atoms with Gasteiger partial charge in [-0.3, -0.25) is 0 Å². The van der Waals surface area contributed by atoms with Crippen molar-refractivity contribution in [1.82, 2.24) is 0 Å². The van der Waals surface area contributed by atoms with Crippen LogP contribution in [0.5, 0.6) is 0 Å². The van der Waals surface area contributed by atoms with Crippen molar-refractivity contribution >= 4 is 91.0 Å². The average molecular weight is 407 g/mol. The Balaban J connectivity index is -0.0000000457. The average Bonchev–Trinajstić information content (AvgIpc) is 1.12. The van der Waals surface area contributed by atoms with Crippen LogP contribution in [0.3, 0.4) is 0 Å². The predicted molar refractivity (Wildman–Crippen MR) is 14.3 cm³/mol. The number of rotatable bonds is 0. The van der Waals surface area contributed by atoms with E-state index in [9.17, 15) is 0 Å². The minimum Gasteiger partial charge on any atom is 2.00 e. The minimum absolute atomic E-state index is 0. The molecule has 0 saturated heterocycles. The molecular formula is Cr2O8Sr2. The first kappa shape index (κ1) is 24.3. The van der Waals surface area contributed by atoms with Crippen LogP contribution in [0.4, 0.5) is 0 Å². The topological polar surface area (TPSA) is 161 Å². The van der Waals surface area contributed by atoms with E-state index in [0.29, 0.717) is 0 Å². The van der Waals surface area contributed by atoms with E-state index < -0.39 is 27.2 Å². The van der Waals surface area contributed by atoms with Gasteiger partial charge < -0.3 is 0 Å². The van der Waals surface area contributed by atoms with Crippen molar-refractivity contribution in [2.45, 2.75) is 0 Å². The maximum absolute atomic E-state index is 8.59. The SMILES string of the molecule is [O]=[Cr](=[O])([O-])[O-].[O]=[Cr](=[O])([O-])[O-].[Sr+2].[Sr+2]. The van der Waals surface area contributed by atoms with Gasteiger partial charge in [0.2, 0.25) is 0 Å². The summed E-state index contributed by atoms with van der Waals surface area (Å²) in [5.74, 6) is 0. The molecule has 0 fully saturated rings. The van der Waals surface area contributed by atoms with E-state index in [2.05, 4.69) is 0 Å². The van der Waals surface area contributed by atoms with Crippen LogP contribution in [0.25, 0.3) is 0 Å². The molecule has 0 aliphatic rings.